The van der Waals surface area contributed by atoms with Crippen LogP contribution in [-0.4, -0.2) is 51.4 Å². The Hall–Kier alpha value is -2.34. The van der Waals surface area contributed by atoms with Crippen LogP contribution in [0.5, 0.6) is 5.75 Å². The number of ether oxygens (including phenoxy) is 1. The molecule has 0 atom stereocenters. The Morgan fingerprint density at radius 3 is 2.88 bits per heavy atom. The van der Waals surface area contributed by atoms with Gasteiger partial charge in [-0.25, -0.2) is 4.98 Å². The third-order valence-electron chi connectivity index (χ3n) is 5.28. The molecule has 3 heterocycles. The Kier molecular flexibility index (Phi) is 4.70. The molecule has 1 aliphatic heterocycles. The molecule has 0 aliphatic carbocycles. The van der Waals surface area contributed by atoms with Gasteiger partial charge in [0.15, 0.2) is 0 Å². The standard InChI is InChI=1S/C19H25N5O/c1-25-16-3-4-19-17(11-16)18(12-21-19)15-5-9-23(10-6-15)7-2-8-24-14-20-13-22-24/h3-4,11-15,21H,2,5-10H2,1H3. The zero-order chi connectivity index (χ0) is 17.1. The van der Waals surface area contributed by atoms with Gasteiger partial charge in [-0.15, -0.1) is 0 Å². The highest BCUT2D eigenvalue weighted by molar-refractivity contribution is 5.85. The van der Waals surface area contributed by atoms with Gasteiger partial charge in [0.25, 0.3) is 0 Å². The van der Waals surface area contributed by atoms with Crippen molar-refractivity contribution in [3.8, 4) is 5.75 Å². The number of nitrogens with one attached hydrogen (secondary N) is 1. The third kappa shape index (κ3) is 3.54. The summed E-state index contributed by atoms with van der Waals surface area (Å²) in [4.78, 5) is 9.97. The lowest BCUT2D eigenvalue weighted by atomic mass is 9.89. The van der Waals surface area contributed by atoms with E-state index in [1.54, 1.807) is 19.8 Å². The number of H-pyrrole nitrogens is 1. The molecule has 0 unspecified atom stereocenters. The molecule has 0 bridgehead atoms. The summed E-state index contributed by atoms with van der Waals surface area (Å²) in [5.74, 6) is 1.56. The average Bonchev–Trinajstić information content (AvgIpc) is 3.31. The minimum absolute atomic E-state index is 0.632. The maximum atomic E-state index is 5.39. The van der Waals surface area contributed by atoms with Crippen molar-refractivity contribution in [2.24, 2.45) is 0 Å². The molecule has 0 spiro atoms. The van der Waals surface area contributed by atoms with Crippen LogP contribution in [0.3, 0.4) is 0 Å². The van der Waals surface area contributed by atoms with Crippen LogP contribution in [0.25, 0.3) is 10.9 Å². The lowest BCUT2D eigenvalue weighted by Crippen LogP contribution is -2.34. The fourth-order valence-corrected chi connectivity index (χ4v) is 3.86. The molecule has 1 aromatic carbocycles. The first-order valence-corrected chi connectivity index (χ1v) is 9.03. The number of aromatic nitrogens is 4. The number of hydrogen-bond donors (Lipinski definition) is 1. The van der Waals surface area contributed by atoms with Gasteiger partial charge in [-0.2, -0.15) is 5.10 Å². The zero-order valence-corrected chi connectivity index (χ0v) is 14.7. The second-order valence-corrected chi connectivity index (χ2v) is 6.78. The SMILES string of the molecule is COc1ccc2[nH]cc(C3CCN(CCCn4cncn4)CC3)c2c1. The lowest BCUT2D eigenvalue weighted by Gasteiger charge is -2.31. The maximum absolute atomic E-state index is 5.39. The summed E-state index contributed by atoms with van der Waals surface area (Å²) in [6.07, 6.45) is 9.13. The Bertz CT molecular complexity index is 802. The van der Waals surface area contributed by atoms with Crippen LogP contribution < -0.4 is 4.74 Å². The van der Waals surface area contributed by atoms with Crippen molar-refractivity contribution in [3.63, 3.8) is 0 Å². The highest BCUT2D eigenvalue weighted by Gasteiger charge is 2.22. The summed E-state index contributed by atoms with van der Waals surface area (Å²) in [6.45, 7) is 4.41. The van der Waals surface area contributed by atoms with Crippen LogP contribution in [0.2, 0.25) is 0 Å². The molecule has 0 radical (unpaired) electrons. The molecule has 1 aliphatic rings. The van der Waals surface area contributed by atoms with Gasteiger partial charge in [0.2, 0.25) is 0 Å². The van der Waals surface area contributed by atoms with E-state index in [0.29, 0.717) is 5.92 Å². The lowest BCUT2D eigenvalue weighted by molar-refractivity contribution is 0.206. The van der Waals surface area contributed by atoms with Crippen LogP contribution in [0, 0.1) is 0 Å². The van der Waals surface area contributed by atoms with Gasteiger partial charge in [-0.1, -0.05) is 0 Å². The summed E-state index contributed by atoms with van der Waals surface area (Å²) in [5.41, 5.74) is 2.64. The molecule has 0 amide bonds. The minimum atomic E-state index is 0.632. The molecule has 4 rings (SSSR count). The van der Waals surface area contributed by atoms with Crippen LogP contribution >= 0.6 is 0 Å². The van der Waals surface area contributed by atoms with Crippen LogP contribution in [0.1, 0.15) is 30.7 Å². The quantitative estimate of drug-likeness (QED) is 0.750. The van der Waals surface area contributed by atoms with E-state index >= 15 is 0 Å². The molecule has 25 heavy (non-hydrogen) atoms. The van der Waals surface area contributed by atoms with Gasteiger partial charge in [0.05, 0.1) is 7.11 Å². The summed E-state index contributed by atoms with van der Waals surface area (Å²) in [7, 11) is 1.73. The smallest absolute Gasteiger partial charge is 0.137 e. The normalized spacial score (nSPS) is 16.5. The van der Waals surface area contributed by atoms with Gasteiger partial charge in [0.1, 0.15) is 18.4 Å². The van der Waals surface area contributed by atoms with Crippen molar-refractivity contribution in [2.75, 3.05) is 26.7 Å². The molecule has 2 aromatic heterocycles. The van der Waals surface area contributed by atoms with E-state index in [4.69, 9.17) is 4.74 Å². The Balaban J connectivity index is 1.34. The van der Waals surface area contributed by atoms with Crippen LogP contribution in [0.4, 0.5) is 0 Å². The summed E-state index contributed by atoms with van der Waals surface area (Å²) < 4.78 is 7.30. The number of piperidine rings is 1. The summed E-state index contributed by atoms with van der Waals surface area (Å²) in [5, 5.41) is 5.47. The molecule has 1 saturated heterocycles. The maximum Gasteiger partial charge on any atom is 0.137 e. The van der Waals surface area contributed by atoms with E-state index in [-0.39, 0.29) is 0 Å². The number of nitrogens with zero attached hydrogens (tertiary/aromatic N) is 4. The number of hydrogen-bond acceptors (Lipinski definition) is 4. The fourth-order valence-electron chi connectivity index (χ4n) is 3.86. The number of methoxy groups -OCH3 is 1. The first-order chi connectivity index (χ1) is 12.3. The van der Waals surface area contributed by atoms with E-state index in [0.717, 1.165) is 25.3 Å². The van der Waals surface area contributed by atoms with Crippen molar-refractivity contribution >= 4 is 10.9 Å². The Labute approximate surface area is 147 Å². The van der Waals surface area contributed by atoms with Gasteiger partial charge in [0, 0.05) is 23.6 Å². The van der Waals surface area contributed by atoms with Crippen molar-refractivity contribution in [3.05, 3.63) is 42.6 Å². The van der Waals surface area contributed by atoms with Crippen LogP contribution in [-0.2, 0) is 6.54 Å². The molecule has 1 fully saturated rings. The van der Waals surface area contributed by atoms with E-state index < -0.39 is 0 Å². The number of likely N-dealkylation sites (tertiary alicyclic amines) is 1. The van der Waals surface area contributed by atoms with Gasteiger partial charge >= 0.3 is 0 Å². The molecule has 3 aromatic rings. The van der Waals surface area contributed by atoms with Crippen molar-refractivity contribution in [1.29, 1.82) is 0 Å². The number of aromatic amines is 1. The third-order valence-corrected chi connectivity index (χ3v) is 5.28. The predicted molar refractivity (Wildman–Crippen MR) is 97.9 cm³/mol. The highest BCUT2D eigenvalue weighted by atomic mass is 16.5. The van der Waals surface area contributed by atoms with Gasteiger partial charge < -0.3 is 14.6 Å². The summed E-state index contributed by atoms with van der Waals surface area (Å²) in [6, 6.07) is 6.28. The average molecular weight is 339 g/mol. The van der Waals surface area contributed by atoms with Crippen LogP contribution in [0.15, 0.2) is 37.1 Å². The Morgan fingerprint density at radius 1 is 1.24 bits per heavy atom. The van der Waals surface area contributed by atoms with Crippen molar-refractivity contribution in [2.45, 2.75) is 31.7 Å². The van der Waals surface area contributed by atoms with E-state index in [1.807, 2.05) is 10.7 Å². The second-order valence-electron chi connectivity index (χ2n) is 6.78. The number of benzene rings is 1. The summed E-state index contributed by atoms with van der Waals surface area (Å²) >= 11 is 0. The number of rotatable bonds is 6. The van der Waals surface area contributed by atoms with Gasteiger partial charge in [-0.3, -0.25) is 4.68 Å². The Morgan fingerprint density at radius 2 is 2.12 bits per heavy atom. The molecule has 6 heteroatoms. The second kappa shape index (κ2) is 7.27. The zero-order valence-electron chi connectivity index (χ0n) is 14.7. The van der Waals surface area contributed by atoms with Gasteiger partial charge in [-0.05, 0) is 68.6 Å². The van der Waals surface area contributed by atoms with Crippen molar-refractivity contribution in [1.82, 2.24) is 24.6 Å². The first kappa shape index (κ1) is 16.1. The molecular weight excluding hydrogens is 314 g/mol. The molecule has 1 N–H and O–H groups in total. The number of aryl methyl sites for hydroxylation is 1. The monoisotopic (exact) mass is 339 g/mol. The molecule has 0 saturated carbocycles. The molecule has 6 nitrogen and oxygen atoms in total. The highest BCUT2D eigenvalue weighted by Crippen LogP contribution is 2.34. The van der Waals surface area contributed by atoms with E-state index in [2.05, 4.69) is 38.3 Å². The topological polar surface area (TPSA) is 59.0 Å². The van der Waals surface area contributed by atoms with E-state index in [9.17, 15) is 0 Å². The largest absolute Gasteiger partial charge is 0.497 e. The van der Waals surface area contributed by atoms with E-state index in [1.165, 1.54) is 42.4 Å². The minimum Gasteiger partial charge on any atom is -0.497 e. The fraction of sp³-hybridized carbons (Fsp3) is 0.474. The van der Waals surface area contributed by atoms with Crippen molar-refractivity contribution < 1.29 is 4.74 Å². The molecule has 132 valence electrons. The predicted octanol–water partition coefficient (Wildman–Crippen LogP) is 3.04. The molecular formula is C19H25N5O. The first-order valence-electron chi connectivity index (χ1n) is 9.03. The number of fused-ring (bicyclic) bond motifs is 1.